The summed E-state index contributed by atoms with van der Waals surface area (Å²) >= 11 is 0. The third-order valence-electron chi connectivity index (χ3n) is 6.99. The zero-order valence-corrected chi connectivity index (χ0v) is 23.9. The number of benzene rings is 2. The molecule has 0 aliphatic carbocycles. The molecule has 0 bridgehead atoms. The third kappa shape index (κ3) is 7.80. The highest BCUT2D eigenvalue weighted by Gasteiger charge is 2.30. The quantitative estimate of drug-likeness (QED) is 0.350. The predicted octanol–water partition coefficient (Wildman–Crippen LogP) is 4.42. The molecular weight excluding hydrogens is 526 g/mol. The van der Waals surface area contributed by atoms with Crippen molar-refractivity contribution in [1.29, 1.82) is 0 Å². The van der Waals surface area contributed by atoms with Gasteiger partial charge in [0.1, 0.15) is 17.5 Å². The van der Waals surface area contributed by atoms with Crippen molar-refractivity contribution in [2.24, 2.45) is 0 Å². The molecule has 1 unspecified atom stereocenters. The molecule has 1 aromatic heterocycles. The Morgan fingerprint density at radius 2 is 1.56 bits per heavy atom. The Labute approximate surface area is 239 Å². The van der Waals surface area contributed by atoms with E-state index in [1.807, 2.05) is 45.0 Å². The van der Waals surface area contributed by atoms with Gasteiger partial charge in [-0.3, -0.25) is 0 Å². The number of aryl methyl sites for hydroxylation is 2. The number of carboxylic acid groups (broad SMARTS) is 2. The number of rotatable bonds is 4. The van der Waals surface area contributed by atoms with Gasteiger partial charge in [0, 0.05) is 31.4 Å². The summed E-state index contributed by atoms with van der Waals surface area (Å²) in [4.78, 5) is 38.1. The Bertz CT molecular complexity index is 1370. The molecular formula is C31H37N3O7. The molecule has 0 amide bonds. The number of carboxylic acids is 2. The number of carbonyl (C=O) groups excluding carboxylic acids is 1. The maximum atomic E-state index is 12.4. The number of nitrogens with zero attached hydrogens (tertiary/aromatic N) is 3. The van der Waals surface area contributed by atoms with Crippen molar-refractivity contribution in [2.45, 2.75) is 64.4 Å². The molecule has 2 aliphatic rings. The van der Waals surface area contributed by atoms with Crippen LogP contribution in [0.3, 0.4) is 0 Å². The molecule has 0 radical (unpaired) electrons. The van der Waals surface area contributed by atoms with Gasteiger partial charge in [-0.2, -0.15) is 0 Å². The zero-order chi connectivity index (χ0) is 29.7. The normalized spacial score (nSPS) is 17.3. The summed E-state index contributed by atoms with van der Waals surface area (Å²) in [6.45, 7) is 8.60. The lowest BCUT2D eigenvalue weighted by molar-refractivity contribution is -0.159. The van der Waals surface area contributed by atoms with Gasteiger partial charge in [-0.1, -0.05) is 36.4 Å². The van der Waals surface area contributed by atoms with Crippen LogP contribution in [-0.2, 0) is 32.0 Å². The van der Waals surface area contributed by atoms with Crippen LogP contribution in [0.1, 0.15) is 67.0 Å². The molecule has 2 N–H and O–H groups in total. The van der Waals surface area contributed by atoms with Gasteiger partial charge >= 0.3 is 17.9 Å². The average Bonchev–Trinajstić information content (AvgIpc) is 3.29. The van der Waals surface area contributed by atoms with Crippen molar-refractivity contribution < 1.29 is 34.1 Å². The highest BCUT2D eigenvalue weighted by molar-refractivity contribution is 6.27. The maximum Gasteiger partial charge on any atom is 0.414 e. The molecule has 218 valence electrons. The number of fused-ring (bicyclic) bond motifs is 2. The van der Waals surface area contributed by atoms with Crippen molar-refractivity contribution in [2.75, 3.05) is 20.1 Å². The highest BCUT2D eigenvalue weighted by atomic mass is 16.6. The van der Waals surface area contributed by atoms with Gasteiger partial charge in [0.05, 0.1) is 17.4 Å². The van der Waals surface area contributed by atoms with E-state index in [1.54, 1.807) is 0 Å². The van der Waals surface area contributed by atoms with Gasteiger partial charge in [0.2, 0.25) is 0 Å². The lowest BCUT2D eigenvalue weighted by Gasteiger charge is -2.32. The molecule has 10 heteroatoms. The predicted molar refractivity (Wildman–Crippen MR) is 152 cm³/mol. The number of esters is 1. The minimum atomic E-state index is -1.82. The summed E-state index contributed by atoms with van der Waals surface area (Å²) in [5.41, 5.74) is 4.45. The van der Waals surface area contributed by atoms with Crippen LogP contribution < -0.4 is 0 Å². The van der Waals surface area contributed by atoms with E-state index in [0.29, 0.717) is 5.56 Å². The largest absolute Gasteiger partial charge is 0.473 e. The van der Waals surface area contributed by atoms with E-state index in [1.165, 1.54) is 11.1 Å². The topological polar surface area (TPSA) is 131 Å². The zero-order valence-electron chi connectivity index (χ0n) is 23.9. The van der Waals surface area contributed by atoms with E-state index in [9.17, 15) is 4.79 Å². The summed E-state index contributed by atoms with van der Waals surface area (Å²) < 4.78 is 14.5. The standard InChI is InChI=1S/C29H35N3O3.C2H2O4/c1-29(2,3)35-28(33)22-11-9-21(10-12-22)25-19-32-18-13-20-7-5-6-8-24(20)26(27(32)30-25)34-23-14-16-31(4)17-15-23;3-1(4)2(5)6/h5-12,19,23,26H,13-18H2,1-4H3;(H,3,4)(H,5,6). The number of imidazole rings is 1. The fourth-order valence-electron chi connectivity index (χ4n) is 4.92. The number of likely N-dealkylation sites (tertiary alicyclic amines) is 1. The second kappa shape index (κ2) is 12.7. The van der Waals surface area contributed by atoms with E-state index in [-0.39, 0.29) is 18.2 Å². The van der Waals surface area contributed by atoms with Crippen molar-refractivity contribution in [1.82, 2.24) is 14.5 Å². The molecule has 0 spiro atoms. The van der Waals surface area contributed by atoms with E-state index in [0.717, 1.165) is 56.0 Å². The SMILES string of the molecule is CN1CCC(OC2c3ccccc3CCn3cc(-c4ccc(C(=O)OC(C)(C)C)cc4)nc32)CC1.O=C(O)C(=O)O. The smallest absolute Gasteiger partial charge is 0.414 e. The number of carbonyl (C=O) groups is 3. The first-order chi connectivity index (χ1) is 19.4. The van der Waals surface area contributed by atoms with Crippen molar-refractivity contribution in [3.8, 4) is 11.3 Å². The Morgan fingerprint density at radius 1 is 0.927 bits per heavy atom. The van der Waals surface area contributed by atoms with Gasteiger partial charge in [-0.05, 0) is 70.3 Å². The fourth-order valence-corrected chi connectivity index (χ4v) is 4.92. The summed E-state index contributed by atoms with van der Waals surface area (Å²) in [5.74, 6) is -3.00. The van der Waals surface area contributed by atoms with Gasteiger partial charge < -0.3 is 29.2 Å². The number of aliphatic carboxylic acids is 2. The number of hydrogen-bond acceptors (Lipinski definition) is 7. The maximum absolute atomic E-state index is 12.4. The third-order valence-corrected chi connectivity index (χ3v) is 6.99. The molecule has 0 saturated carbocycles. The Balaban J connectivity index is 0.000000585. The molecule has 3 aromatic rings. The minimum Gasteiger partial charge on any atom is -0.473 e. The van der Waals surface area contributed by atoms with Crippen LogP contribution in [0.2, 0.25) is 0 Å². The molecule has 1 saturated heterocycles. The van der Waals surface area contributed by atoms with Crippen LogP contribution in [0.25, 0.3) is 11.3 Å². The number of aromatic nitrogens is 2. The molecule has 1 atom stereocenters. The summed E-state index contributed by atoms with van der Waals surface area (Å²) in [6.07, 6.45) is 5.18. The van der Waals surface area contributed by atoms with E-state index in [4.69, 9.17) is 34.3 Å². The van der Waals surface area contributed by atoms with Crippen LogP contribution in [0, 0.1) is 0 Å². The lowest BCUT2D eigenvalue weighted by atomic mass is 10.00. The lowest BCUT2D eigenvalue weighted by Crippen LogP contribution is -2.35. The first-order valence-electron chi connectivity index (χ1n) is 13.7. The van der Waals surface area contributed by atoms with Crippen LogP contribution in [0.4, 0.5) is 0 Å². The van der Waals surface area contributed by atoms with Crippen molar-refractivity contribution >= 4 is 17.9 Å². The molecule has 5 rings (SSSR count). The van der Waals surface area contributed by atoms with E-state index >= 15 is 0 Å². The van der Waals surface area contributed by atoms with Crippen molar-refractivity contribution in [3.05, 3.63) is 77.2 Å². The number of hydrogen-bond donors (Lipinski definition) is 2. The Kier molecular flexibility index (Phi) is 9.25. The Morgan fingerprint density at radius 3 is 2.17 bits per heavy atom. The Hall–Kier alpha value is -4.02. The first-order valence-corrected chi connectivity index (χ1v) is 13.7. The number of ether oxygens (including phenoxy) is 2. The van der Waals surface area contributed by atoms with Crippen molar-refractivity contribution in [3.63, 3.8) is 0 Å². The number of piperidine rings is 1. The molecule has 41 heavy (non-hydrogen) atoms. The van der Waals surface area contributed by atoms with Crippen LogP contribution in [0.15, 0.2) is 54.7 Å². The fraction of sp³-hybridized carbons (Fsp3) is 0.419. The molecule has 2 aromatic carbocycles. The van der Waals surface area contributed by atoms with Gasteiger partial charge in [0.25, 0.3) is 0 Å². The first kappa shape index (κ1) is 30.0. The summed E-state index contributed by atoms with van der Waals surface area (Å²) in [6, 6.07) is 16.1. The van der Waals surface area contributed by atoms with E-state index in [2.05, 4.69) is 47.0 Å². The molecule has 1 fully saturated rings. The van der Waals surface area contributed by atoms with Crippen LogP contribution in [-0.4, -0.2) is 74.4 Å². The second-order valence-corrected chi connectivity index (χ2v) is 11.3. The van der Waals surface area contributed by atoms with Gasteiger partial charge in [0.15, 0.2) is 0 Å². The second-order valence-electron chi connectivity index (χ2n) is 11.3. The molecule has 2 aliphatic heterocycles. The highest BCUT2D eigenvalue weighted by Crippen LogP contribution is 2.36. The average molecular weight is 564 g/mol. The van der Waals surface area contributed by atoms with Crippen LogP contribution >= 0.6 is 0 Å². The minimum absolute atomic E-state index is 0.183. The monoisotopic (exact) mass is 563 g/mol. The summed E-state index contributed by atoms with van der Waals surface area (Å²) in [7, 11) is 2.17. The molecule has 3 heterocycles. The van der Waals surface area contributed by atoms with Crippen LogP contribution in [0.5, 0.6) is 0 Å². The van der Waals surface area contributed by atoms with E-state index < -0.39 is 17.5 Å². The molecule has 10 nitrogen and oxygen atoms in total. The van der Waals surface area contributed by atoms with Gasteiger partial charge in [-0.15, -0.1) is 0 Å². The van der Waals surface area contributed by atoms with Gasteiger partial charge in [-0.25, -0.2) is 19.4 Å². The summed E-state index contributed by atoms with van der Waals surface area (Å²) in [5, 5.41) is 14.8.